The van der Waals surface area contributed by atoms with Crippen molar-refractivity contribution in [3.63, 3.8) is 0 Å². The number of carbonyl (C=O) groups excluding carboxylic acids is 1. The molecule has 1 atom stereocenters. The first kappa shape index (κ1) is 13.3. The molecule has 19 heavy (non-hydrogen) atoms. The van der Waals surface area contributed by atoms with Crippen LogP contribution in [0.1, 0.15) is 26.7 Å². The van der Waals surface area contributed by atoms with Gasteiger partial charge in [-0.05, 0) is 29.5 Å². The van der Waals surface area contributed by atoms with E-state index in [1.165, 1.54) is 0 Å². The molecule has 2 rings (SSSR count). The molecule has 1 aromatic heterocycles. The van der Waals surface area contributed by atoms with E-state index >= 15 is 0 Å². The van der Waals surface area contributed by atoms with Crippen molar-refractivity contribution < 1.29 is 9.53 Å². The molecule has 0 spiro atoms. The van der Waals surface area contributed by atoms with Gasteiger partial charge in [-0.15, -0.1) is 0 Å². The van der Waals surface area contributed by atoms with E-state index in [0.29, 0.717) is 23.5 Å². The number of hydrogen-bond acceptors (Lipinski definition) is 3. The van der Waals surface area contributed by atoms with Gasteiger partial charge in [-0.3, -0.25) is 9.59 Å². The third kappa shape index (κ3) is 3.22. The lowest BCUT2D eigenvalue weighted by Crippen LogP contribution is -2.12. The highest BCUT2D eigenvalue weighted by Gasteiger charge is 2.10. The third-order valence-electron chi connectivity index (χ3n) is 3.19. The van der Waals surface area contributed by atoms with Crippen LogP contribution in [0.3, 0.4) is 0 Å². The molecule has 0 aliphatic carbocycles. The number of ether oxygens (including phenoxy) is 1. The Labute approximate surface area is 111 Å². The van der Waals surface area contributed by atoms with Gasteiger partial charge in [0.05, 0.1) is 5.39 Å². The smallest absolute Gasteiger partial charge is 0.311 e. The molecule has 4 nitrogen and oxygen atoms in total. The molecule has 2 aromatic rings. The molecule has 1 aromatic carbocycles. The maximum atomic E-state index is 11.7. The lowest BCUT2D eigenvalue weighted by molar-refractivity contribution is -0.135. The predicted molar refractivity (Wildman–Crippen MR) is 74.3 cm³/mol. The summed E-state index contributed by atoms with van der Waals surface area (Å²) in [6.07, 6.45) is 2.92. The highest BCUT2D eigenvalue weighted by molar-refractivity contribution is 5.83. The first-order valence-electron chi connectivity index (χ1n) is 6.42. The molecule has 0 unspecified atom stereocenters. The van der Waals surface area contributed by atoms with Crippen molar-refractivity contribution in [1.82, 2.24) is 4.98 Å². The van der Waals surface area contributed by atoms with Crippen molar-refractivity contribution in [2.45, 2.75) is 26.7 Å². The summed E-state index contributed by atoms with van der Waals surface area (Å²) in [7, 11) is 0. The number of pyridine rings is 1. The summed E-state index contributed by atoms with van der Waals surface area (Å²) in [5.74, 6) is 0.454. The van der Waals surface area contributed by atoms with Gasteiger partial charge in [0.15, 0.2) is 0 Å². The molecule has 1 N–H and O–H groups in total. The van der Waals surface area contributed by atoms with E-state index in [2.05, 4.69) is 4.98 Å². The Morgan fingerprint density at radius 1 is 1.37 bits per heavy atom. The maximum absolute atomic E-state index is 11.7. The average molecular weight is 259 g/mol. The van der Waals surface area contributed by atoms with Crippen LogP contribution < -0.4 is 10.3 Å². The Hall–Kier alpha value is -2.10. The van der Waals surface area contributed by atoms with Crippen molar-refractivity contribution in [3.05, 3.63) is 40.8 Å². The summed E-state index contributed by atoms with van der Waals surface area (Å²) in [6, 6.07) is 6.89. The average Bonchev–Trinajstić information content (AvgIpc) is 2.39. The Morgan fingerprint density at radius 2 is 2.16 bits per heavy atom. The summed E-state index contributed by atoms with van der Waals surface area (Å²) in [5, 5.41) is 1.35. The van der Waals surface area contributed by atoms with Crippen LogP contribution in [0.4, 0.5) is 0 Å². The molecule has 0 saturated carbocycles. The number of carbonyl (C=O) groups is 1. The van der Waals surface area contributed by atoms with Crippen molar-refractivity contribution in [2.75, 3.05) is 0 Å². The molecule has 0 aliphatic heterocycles. The number of fused-ring (bicyclic) bond motifs is 1. The first-order chi connectivity index (χ1) is 9.10. The highest BCUT2D eigenvalue weighted by atomic mass is 16.5. The van der Waals surface area contributed by atoms with Gasteiger partial charge >= 0.3 is 5.97 Å². The van der Waals surface area contributed by atoms with Crippen molar-refractivity contribution in [1.29, 1.82) is 0 Å². The Balaban J connectivity index is 2.20. The first-order valence-corrected chi connectivity index (χ1v) is 6.42. The van der Waals surface area contributed by atoms with Crippen LogP contribution in [0, 0.1) is 5.92 Å². The molecule has 0 aliphatic rings. The molecule has 100 valence electrons. The van der Waals surface area contributed by atoms with Crippen molar-refractivity contribution in [2.24, 2.45) is 5.92 Å². The molecule has 0 bridgehead atoms. The minimum atomic E-state index is -0.263. The minimum absolute atomic E-state index is 0.183. The third-order valence-corrected chi connectivity index (χ3v) is 3.19. The zero-order valence-electron chi connectivity index (χ0n) is 11.1. The SMILES string of the molecule is CC[C@H](C)CC(=O)Oc1ccc2cc[nH]c(=O)c2c1. The standard InChI is InChI=1S/C15H17NO3/c1-3-10(2)8-14(17)19-12-5-4-11-6-7-16-15(18)13(11)9-12/h4-7,9-10H,3,8H2,1-2H3,(H,16,18)/t10-/m0/s1. The number of benzene rings is 1. The van der Waals surface area contributed by atoms with Gasteiger partial charge < -0.3 is 9.72 Å². The molecule has 0 fully saturated rings. The van der Waals surface area contributed by atoms with E-state index in [1.54, 1.807) is 24.4 Å². The maximum Gasteiger partial charge on any atom is 0.311 e. The van der Waals surface area contributed by atoms with Gasteiger partial charge in [0.2, 0.25) is 0 Å². The van der Waals surface area contributed by atoms with E-state index in [4.69, 9.17) is 4.74 Å². The van der Waals surface area contributed by atoms with Gasteiger partial charge in [0, 0.05) is 12.6 Å². The zero-order valence-corrected chi connectivity index (χ0v) is 11.1. The molecule has 0 saturated heterocycles. The normalized spacial score (nSPS) is 12.3. The molecule has 1 heterocycles. The Kier molecular flexibility index (Phi) is 4.00. The second kappa shape index (κ2) is 5.69. The van der Waals surface area contributed by atoms with Crippen molar-refractivity contribution in [3.8, 4) is 5.75 Å². The van der Waals surface area contributed by atoms with Gasteiger partial charge in [0.25, 0.3) is 5.56 Å². The monoisotopic (exact) mass is 259 g/mol. The quantitative estimate of drug-likeness (QED) is 0.678. The lowest BCUT2D eigenvalue weighted by atomic mass is 10.1. The van der Waals surface area contributed by atoms with E-state index < -0.39 is 0 Å². The van der Waals surface area contributed by atoms with Crippen LogP contribution >= 0.6 is 0 Å². The summed E-state index contributed by atoms with van der Waals surface area (Å²) >= 11 is 0. The fraction of sp³-hybridized carbons (Fsp3) is 0.333. The number of hydrogen-bond donors (Lipinski definition) is 1. The van der Waals surface area contributed by atoms with Crippen molar-refractivity contribution >= 4 is 16.7 Å². The summed E-state index contributed by atoms with van der Waals surface area (Å²) in [4.78, 5) is 25.9. The molecular weight excluding hydrogens is 242 g/mol. The van der Waals surface area contributed by atoms with Gasteiger partial charge in [-0.1, -0.05) is 26.3 Å². The van der Waals surface area contributed by atoms with Crippen LogP contribution in [0.25, 0.3) is 10.8 Å². The molecule has 0 radical (unpaired) electrons. The van der Waals surface area contributed by atoms with Gasteiger partial charge in [0.1, 0.15) is 5.75 Å². The topological polar surface area (TPSA) is 59.2 Å². The fourth-order valence-electron chi connectivity index (χ4n) is 1.83. The minimum Gasteiger partial charge on any atom is -0.426 e. The Morgan fingerprint density at radius 3 is 2.89 bits per heavy atom. The molecule has 4 heteroatoms. The number of aromatic nitrogens is 1. The number of rotatable bonds is 4. The second-order valence-electron chi connectivity index (χ2n) is 4.75. The summed E-state index contributed by atoms with van der Waals surface area (Å²) in [5.41, 5.74) is -0.183. The van der Waals surface area contributed by atoms with Crippen LogP contribution in [0.15, 0.2) is 35.3 Å². The van der Waals surface area contributed by atoms with Gasteiger partial charge in [-0.25, -0.2) is 0 Å². The predicted octanol–water partition coefficient (Wildman–Crippen LogP) is 2.87. The van der Waals surface area contributed by atoms with Crippen LogP contribution in [-0.4, -0.2) is 11.0 Å². The lowest BCUT2D eigenvalue weighted by Gasteiger charge is -2.08. The number of H-pyrrole nitrogens is 1. The summed E-state index contributed by atoms with van der Waals surface area (Å²) < 4.78 is 5.26. The fourth-order valence-corrected chi connectivity index (χ4v) is 1.83. The Bertz CT molecular complexity index is 645. The van der Waals surface area contributed by atoms with Crippen LogP contribution in [0.2, 0.25) is 0 Å². The zero-order chi connectivity index (χ0) is 13.8. The van der Waals surface area contributed by atoms with Crippen LogP contribution in [0.5, 0.6) is 5.75 Å². The number of esters is 1. The van der Waals surface area contributed by atoms with Gasteiger partial charge in [-0.2, -0.15) is 0 Å². The highest BCUT2D eigenvalue weighted by Crippen LogP contribution is 2.19. The van der Waals surface area contributed by atoms with E-state index in [1.807, 2.05) is 19.9 Å². The summed E-state index contributed by atoms with van der Waals surface area (Å²) in [6.45, 7) is 4.04. The number of nitrogens with one attached hydrogen (secondary N) is 1. The van der Waals surface area contributed by atoms with Crippen LogP contribution in [-0.2, 0) is 4.79 Å². The van der Waals surface area contributed by atoms with E-state index in [0.717, 1.165) is 11.8 Å². The van der Waals surface area contributed by atoms with E-state index in [9.17, 15) is 9.59 Å². The second-order valence-corrected chi connectivity index (χ2v) is 4.75. The van der Waals surface area contributed by atoms with E-state index in [-0.39, 0.29) is 11.5 Å². The molecular formula is C15H17NO3. The number of aromatic amines is 1. The molecule has 0 amide bonds. The largest absolute Gasteiger partial charge is 0.426 e.